The van der Waals surface area contributed by atoms with Crippen molar-refractivity contribution < 1.29 is 9.18 Å². The van der Waals surface area contributed by atoms with Crippen LogP contribution in [0.5, 0.6) is 0 Å². The normalized spacial score (nSPS) is 12.3. The summed E-state index contributed by atoms with van der Waals surface area (Å²) in [6.45, 7) is 4.18. The van der Waals surface area contributed by atoms with Crippen LogP contribution in [0.2, 0.25) is 0 Å². The van der Waals surface area contributed by atoms with Crippen LogP contribution in [-0.2, 0) is 4.79 Å². The van der Waals surface area contributed by atoms with Gasteiger partial charge in [-0.1, -0.05) is 41.7 Å². The van der Waals surface area contributed by atoms with Crippen molar-refractivity contribution in [2.45, 2.75) is 71.6 Å². The zero-order valence-electron chi connectivity index (χ0n) is 21.1. The molecule has 0 spiro atoms. The average molecular weight is 536 g/mol. The topological polar surface area (TPSA) is 17.1 Å². The van der Waals surface area contributed by atoms with Crippen LogP contribution in [0.25, 0.3) is 0 Å². The van der Waals surface area contributed by atoms with Gasteiger partial charge in [0.1, 0.15) is 0 Å². The molecule has 2 rings (SSSR count). The molecule has 35 heavy (non-hydrogen) atoms. The summed E-state index contributed by atoms with van der Waals surface area (Å²) >= 11 is -0.0865. The van der Waals surface area contributed by atoms with E-state index in [9.17, 15) is 9.18 Å². The van der Waals surface area contributed by atoms with Gasteiger partial charge in [0.2, 0.25) is 0 Å². The molecule has 0 aromatic heterocycles. The first-order valence-electron chi connectivity index (χ1n) is 12.5. The standard InChI is InChI=1S/C32H37FOSe/c1-27(15-6-3-7-19-29-20-8-4-9-21-29)16-12-22-30(33)23-13-17-28(2)18-14-26-32(34)35-31-24-10-5-11-25-31/h4-5,8-11,15,17,20-22,24-25H,3,6,12-14,16,18,23,26H2,1-2H3/b27-15+,28-17+,30-22-. The molecular weight excluding hydrogens is 498 g/mol. The van der Waals surface area contributed by atoms with Gasteiger partial charge in [-0.3, -0.25) is 0 Å². The second-order valence-corrected chi connectivity index (χ2v) is 11.0. The quantitative estimate of drug-likeness (QED) is 0.104. The number of carbonyl (C=O) groups excluding carboxylic acids is 1. The summed E-state index contributed by atoms with van der Waals surface area (Å²) in [5, 5.41) is 0. The fraction of sp³-hybridized carbons (Fsp3) is 0.344. The van der Waals surface area contributed by atoms with E-state index in [4.69, 9.17) is 0 Å². The minimum atomic E-state index is -0.0865. The van der Waals surface area contributed by atoms with E-state index in [0.29, 0.717) is 23.9 Å². The first-order chi connectivity index (χ1) is 17.0. The van der Waals surface area contributed by atoms with Crippen molar-refractivity contribution in [3.63, 3.8) is 0 Å². The van der Waals surface area contributed by atoms with Crippen molar-refractivity contribution in [3.8, 4) is 11.8 Å². The Labute approximate surface area is 217 Å². The Hall–Kier alpha value is -2.66. The Morgan fingerprint density at radius 2 is 1.43 bits per heavy atom. The van der Waals surface area contributed by atoms with Gasteiger partial charge in [0.25, 0.3) is 0 Å². The van der Waals surface area contributed by atoms with Gasteiger partial charge < -0.3 is 0 Å². The first-order valence-corrected chi connectivity index (χ1v) is 14.2. The molecule has 2 aromatic carbocycles. The third-order valence-corrected chi connectivity index (χ3v) is 7.45. The predicted octanol–water partition coefficient (Wildman–Crippen LogP) is 7.85. The van der Waals surface area contributed by atoms with Crippen molar-refractivity contribution >= 4 is 24.1 Å². The molecule has 0 amide bonds. The number of halogens is 1. The van der Waals surface area contributed by atoms with Gasteiger partial charge in [-0.2, -0.15) is 0 Å². The van der Waals surface area contributed by atoms with Crippen molar-refractivity contribution in [2.75, 3.05) is 0 Å². The molecule has 0 heterocycles. The molecule has 0 radical (unpaired) electrons. The Bertz CT molecular complexity index is 1040. The second kappa shape index (κ2) is 17.7. The van der Waals surface area contributed by atoms with Gasteiger partial charge in [-0.15, -0.1) is 0 Å². The summed E-state index contributed by atoms with van der Waals surface area (Å²) in [7, 11) is 0. The zero-order chi connectivity index (χ0) is 25.1. The van der Waals surface area contributed by atoms with Gasteiger partial charge in [0.15, 0.2) is 0 Å². The van der Waals surface area contributed by atoms with Crippen molar-refractivity contribution in [3.05, 3.63) is 101 Å². The van der Waals surface area contributed by atoms with Gasteiger partial charge in [0.05, 0.1) is 0 Å². The van der Waals surface area contributed by atoms with E-state index in [1.807, 2.05) is 60.7 Å². The Kier molecular flexibility index (Phi) is 14.5. The second-order valence-electron chi connectivity index (χ2n) is 8.68. The first kappa shape index (κ1) is 28.6. The molecule has 0 N–H and O–H groups in total. The molecule has 0 atom stereocenters. The van der Waals surface area contributed by atoms with Crippen LogP contribution >= 0.6 is 0 Å². The number of hydrogen-bond donors (Lipinski definition) is 0. The molecule has 2 aromatic rings. The SMILES string of the molecule is C/C(=C\CCC#Cc1ccccc1)CC/C=C(\F)CC/C=C(\C)CCCC(=O)[Se]c1ccccc1. The van der Waals surface area contributed by atoms with E-state index in [1.165, 1.54) is 11.1 Å². The third-order valence-electron chi connectivity index (χ3n) is 5.48. The molecule has 184 valence electrons. The molecule has 0 saturated heterocycles. The number of hydrogen-bond acceptors (Lipinski definition) is 1. The van der Waals surface area contributed by atoms with E-state index in [1.54, 1.807) is 6.08 Å². The van der Waals surface area contributed by atoms with Gasteiger partial charge in [0, 0.05) is 12.0 Å². The molecule has 0 aliphatic carbocycles. The number of benzene rings is 2. The molecule has 0 saturated carbocycles. The van der Waals surface area contributed by atoms with E-state index in [0.717, 1.165) is 48.6 Å². The van der Waals surface area contributed by atoms with Crippen LogP contribution in [0.4, 0.5) is 4.39 Å². The summed E-state index contributed by atoms with van der Waals surface area (Å²) < 4.78 is 15.6. The van der Waals surface area contributed by atoms with Gasteiger partial charge in [-0.05, 0) is 25.5 Å². The van der Waals surface area contributed by atoms with Crippen LogP contribution in [-0.4, -0.2) is 19.6 Å². The van der Waals surface area contributed by atoms with Crippen molar-refractivity contribution in [1.29, 1.82) is 0 Å². The number of unbranched alkanes of at least 4 members (excludes halogenated alkanes) is 1. The summed E-state index contributed by atoms with van der Waals surface area (Å²) in [5.74, 6) is 6.34. The summed E-state index contributed by atoms with van der Waals surface area (Å²) in [6, 6.07) is 20.0. The average Bonchev–Trinajstić information content (AvgIpc) is 2.85. The van der Waals surface area contributed by atoms with Gasteiger partial charge >= 0.3 is 139 Å². The predicted molar refractivity (Wildman–Crippen MR) is 148 cm³/mol. The van der Waals surface area contributed by atoms with Crippen LogP contribution in [0.3, 0.4) is 0 Å². The Morgan fingerprint density at radius 1 is 0.800 bits per heavy atom. The summed E-state index contributed by atoms with van der Waals surface area (Å²) in [6.07, 6.45) is 13.0. The fourth-order valence-electron chi connectivity index (χ4n) is 3.48. The molecule has 0 aliphatic rings. The number of rotatable bonds is 14. The van der Waals surface area contributed by atoms with Crippen molar-refractivity contribution in [2.24, 2.45) is 0 Å². The van der Waals surface area contributed by atoms with E-state index >= 15 is 0 Å². The van der Waals surface area contributed by atoms with E-state index in [-0.39, 0.29) is 20.8 Å². The van der Waals surface area contributed by atoms with Crippen molar-refractivity contribution in [1.82, 2.24) is 0 Å². The van der Waals surface area contributed by atoms with Crippen LogP contribution in [0.1, 0.15) is 77.2 Å². The minimum absolute atomic E-state index is 0.0312. The summed E-state index contributed by atoms with van der Waals surface area (Å²) in [5.41, 5.74) is 3.58. The fourth-order valence-corrected chi connectivity index (χ4v) is 5.16. The molecule has 0 fully saturated rings. The molecular formula is C32H37FOSe. The molecule has 0 bridgehead atoms. The molecule has 3 heteroatoms. The monoisotopic (exact) mass is 536 g/mol. The van der Waals surface area contributed by atoms with E-state index < -0.39 is 0 Å². The van der Waals surface area contributed by atoms with Gasteiger partial charge in [-0.25, -0.2) is 0 Å². The van der Waals surface area contributed by atoms with E-state index in [2.05, 4.69) is 37.8 Å². The number of allylic oxidation sites excluding steroid dienone is 6. The molecule has 0 aliphatic heterocycles. The number of carbonyl (C=O) groups is 1. The maximum absolute atomic E-state index is 14.1. The van der Waals surface area contributed by atoms with Crippen LogP contribution in [0, 0.1) is 11.8 Å². The van der Waals surface area contributed by atoms with Crippen LogP contribution in [0.15, 0.2) is 95.9 Å². The summed E-state index contributed by atoms with van der Waals surface area (Å²) in [4.78, 5) is 12.1. The maximum atomic E-state index is 14.1. The molecule has 0 unspecified atom stereocenters. The molecule has 1 nitrogen and oxygen atoms in total. The Balaban J connectivity index is 1.55. The zero-order valence-corrected chi connectivity index (χ0v) is 22.8. The van der Waals surface area contributed by atoms with Crippen LogP contribution < -0.4 is 4.46 Å². The Morgan fingerprint density at radius 3 is 2.17 bits per heavy atom. The third kappa shape index (κ3) is 14.4.